The smallest absolute Gasteiger partial charge is 0.226 e. The number of fused-ring (bicyclic) bond motifs is 1. The Balaban J connectivity index is 1.77. The first-order chi connectivity index (χ1) is 9.51. The molecule has 1 fully saturated rings. The summed E-state index contributed by atoms with van der Waals surface area (Å²) in [5.41, 5.74) is 3.11. The van der Waals surface area contributed by atoms with Gasteiger partial charge in [0.15, 0.2) is 0 Å². The van der Waals surface area contributed by atoms with E-state index in [0.29, 0.717) is 6.54 Å². The van der Waals surface area contributed by atoms with Gasteiger partial charge in [-0.3, -0.25) is 4.79 Å². The average Bonchev–Trinajstić information content (AvgIpc) is 3.05. The highest BCUT2D eigenvalue weighted by Crippen LogP contribution is 2.45. The van der Waals surface area contributed by atoms with Crippen molar-refractivity contribution in [3.05, 3.63) is 34.5 Å². The molecule has 4 heteroatoms. The van der Waals surface area contributed by atoms with Crippen LogP contribution in [0, 0.1) is 5.41 Å². The number of carbonyl (C=O) groups excluding carboxylic acids is 1. The van der Waals surface area contributed by atoms with Gasteiger partial charge in [0.1, 0.15) is 0 Å². The van der Waals surface area contributed by atoms with E-state index in [1.807, 2.05) is 13.0 Å². The van der Waals surface area contributed by atoms with Gasteiger partial charge in [-0.1, -0.05) is 25.4 Å². The van der Waals surface area contributed by atoms with Gasteiger partial charge in [0.05, 0.1) is 6.54 Å². The number of aromatic nitrogens is 1. The van der Waals surface area contributed by atoms with Crippen molar-refractivity contribution in [2.75, 3.05) is 0 Å². The van der Waals surface area contributed by atoms with E-state index in [9.17, 15) is 4.79 Å². The molecule has 106 valence electrons. The number of amides is 1. The predicted molar refractivity (Wildman–Crippen MR) is 81.9 cm³/mol. The number of aryl methyl sites for hydroxylation is 1. The number of rotatable bonds is 4. The van der Waals surface area contributed by atoms with Crippen molar-refractivity contribution in [2.24, 2.45) is 5.41 Å². The van der Waals surface area contributed by atoms with Crippen LogP contribution in [0.25, 0.3) is 10.9 Å². The number of halogens is 1. The molecular formula is C16H19ClN2O. The number of nitrogens with one attached hydrogen (secondary N) is 2. The fourth-order valence-electron chi connectivity index (χ4n) is 2.43. The second-order valence-electron chi connectivity index (χ2n) is 5.92. The first-order valence-electron chi connectivity index (χ1n) is 7.10. The molecule has 1 aliphatic rings. The van der Waals surface area contributed by atoms with Crippen molar-refractivity contribution in [3.63, 3.8) is 0 Å². The largest absolute Gasteiger partial charge is 0.357 e. The first-order valence-corrected chi connectivity index (χ1v) is 7.48. The van der Waals surface area contributed by atoms with Crippen LogP contribution >= 0.6 is 11.6 Å². The Morgan fingerprint density at radius 3 is 2.80 bits per heavy atom. The van der Waals surface area contributed by atoms with E-state index in [0.717, 1.165) is 46.4 Å². The molecule has 2 aromatic rings. The first kappa shape index (κ1) is 13.5. The fraction of sp³-hybridized carbons (Fsp3) is 0.438. The zero-order chi connectivity index (χ0) is 14.3. The maximum absolute atomic E-state index is 11.9. The summed E-state index contributed by atoms with van der Waals surface area (Å²) in [5.74, 6) is 0.156. The topological polar surface area (TPSA) is 44.9 Å². The maximum Gasteiger partial charge on any atom is 0.226 e. The minimum atomic E-state index is -0.120. The second-order valence-corrected chi connectivity index (χ2v) is 6.33. The van der Waals surface area contributed by atoms with E-state index >= 15 is 0 Å². The van der Waals surface area contributed by atoms with Crippen LogP contribution in [-0.2, 0) is 17.8 Å². The molecule has 0 spiro atoms. The lowest BCUT2D eigenvalue weighted by Crippen LogP contribution is -2.29. The molecule has 20 heavy (non-hydrogen) atoms. The van der Waals surface area contributed by atoms with E-state index in [1.54, 1.807) is 0 Å². The SMILES string of the molecule is CCc1cc2[nH]c(CNC(=O)C3(C)CC3)cc2cc1Cl. The summed E-state index contributed by atoms with van der Waals surface area (Å²) in [4.78, 5) is 15.3. The molecule has 1 aromatic carbocycles. The number of hydrogen-bond acceptors (Lipinski definition) is 1. The lowest BCUT2D eigenvalue weighted by molar-refractivity contribution is -0.125. The Kier molecular flexibility index (Phi) is 3.25. The van der Waals surface area contributed by atoms with Gasteiger partial charge in [-0.05, 0) is 43.0 Å². The number of benzene rings is 1. The molecular weight excluding hydrogens is 272 g/mol. The van der Waals surface area contributed by atoms with Crippen molar-refractivity contribution >= 4 is 28.4 Å². The van der Waals surface area contributed by atoms with Crippen LogP contribution in [0.3, 0.4) is 0 Å². The zero-order valence-corrected chi connectivity index (χ0v) is 12.6. The summed E-state index contributed by atoms with van der Waals surface area (Å²) < 4.78 is 0. The summed E-state index contributed by atoms with van der Waals surface area (Å²) in [6.07, 6.45) is 2.92. The molecule has 0 unspecified atom stereocenters. The van der Waals surface area contributed by atoms with Crippen molar-refractivity contribution < 1.29 is 4.79 Å². The van der Waals surface area contributed by atoms with E-state index in [1.165, 1.54) is 0 Å². The van der Waals surface area contributed by atoms with Gasteiger partial charge >= 0.3 is 0 Å². The Hall–Kier alpha value is -1.48. The van der Waals surface area contributed by atoms with Gasteiger partial charge in [0.2, 0.25) is 5.91 Å². The van der Waals surface area contributed by atoms with Crippen molar-refractivity contribution in [2.45, 2.75) is 39.7 Å². The molecule has 0 bridgehead atoms. The minimum absolute atomic E-state index is 0.120. The standard InChI is InChI=1S/C16H19ClN2O/c1-3-10-8-14-11(7-13(10)17)6-12(19-14)9-18-15(20)16(2)4-5-16/h6-8,19H,3-5,9H2,1-2H3,(H,18,20). The molecule has 1 aliphatic carbocycles. The zero-order valence-electron chi connectivity index (χ0n) is 11.8. The Bertz CT molecular complexity index is 670. The van der Waals surface area contributed by atoms with Gasteiger partial charge in [-0.2, -0.15) is 0 Å². The van der Waals surface area contributed by atoms with Crippen molar-refractivity contribution in [1.82, 2.24) is 10.3 Å². The fourth-order valence-corrected chi connectivity index (χ4v) is 2.73. The van der Waals surface area contributed by atoms with Crippen LogP contribution in [-0.4, -0.2) is 10.9 Å². The quantitative estimate of drug-likeness (QED) is 0.884. The van der Waals surface area contributed by atoms with E-state index < -0.39 is 0 Å². The Morgan fingerprint density at radius 2 is 2.15 bits per heavy atom. The maximum atomic E-state index is 11.9. The third-order valence-corrected chi connectivity index (χ3v) is 4.56. The van der Waals surface area contributed by atoms with Gasteiger partial charge < -0.3 is 10.3 Å². The number of aromatic amines is 1. The number of carbonyl (C=O) groups is 1. The lowest BCUT2D eigenvalue weighted by atomic mass is 10.1. The monoisotopic (exact) mass is 290 g/mol. The Labute approximate surface area is 123 Å². The molecule has 3 rings (SSSR count). The predicted octanol–water partition coefficient (Wildman–Crippen LogP) is 3.80. The summed E-state index contributed by atoms with van der Waals surface area (Å²) in [6, 6.07) is 6.13. The van der Waals surface area contributed by atoms with Gasteiger partial charge in [-0.25, -0.2) is 0 Å². The lowest BCUT2D eigenvalue weighted by Gasteiger charge is -2.08. The van der Waals surface area contributed by atoms with Crippen LogP contribution in [0.15, 0.2) is 18.2 Å². The molecule has 1 aromatic heterocycles. The normalized spacial score (nSPS) is 16.4. The van der Waals surface area contributed by atoms with Gasteiger partial charge in [-0.15, -0.1) is 0 Å². The number of H-pyrrole nitrogens is 1. The third-order valence-electron chi connectivity index (χ3n) is 4.21. The van der Waals surface area contributed by atoms with E-state index in [2.05, 4.69) is 29.4 Å². The molecule has 3 nitrogen and oxygen atoms in total. The van der Waals surface area contributed by atoms with Crippen LogP contribution in [0.1, 0.15) is 37.9 Å². The number of hydrogen-bond donors (Lipinski definition) is 2. The van der Waals surface area contributed by atoms with E-state index in [4.69, 9.17) is 11.6 Å². The third kappa shape index (κ3) is 2.42. The molecule has 0 aliphatic heterocycles. The van der Waals surface area contributed by atoms with Crippen LogP contribution < -0.4 is 5.32 Å². The highest BCUT2D eigenvalue weighted by atomic mass is 35.5. The van der Waals surface area contributed by atoms with Gasteiger partial charge in [0.25, 0.3) is 0 Å². The molecule has 0 saturated heterocycles. The summed E-state index contributed by atoms with van der Waals surface area (Å²) >= 11 is 6.22. The Morgan fingerprint density at radius 1 is 1.40 bits per heavy atom. The van der Waals surface area contributed by atoms with Crippen molar-refractivity contribution in [3.8, 4) is 0 Å². The summed E-state index contributed by atoms with van der Waals surface area (Å²) in [6.45, 7) is 4.65. The molecule has 1 amide bonds. The summed E-state index contributed by atoms with van der Waals surface area (Å²) in [7, 11) is 0. The van der Waals surface area contributed by atoms with Crippen LogP contribution in [0.2, 0.25) is 5.02 Å². The minimum Gasteiger partial charge on any atom is -0.357 e. The van der Waals surface area contributed by atoms with Crippen LogP contribution in [0.5, 0.6) is 0 Å². The van der Waals surface area contributed by atoms with E-state index in [-0.39, 0.29) is 11.3 Å². The average molecular weight is 291 g/mol. The van der Waals surface area contributed by atoms with Crippen LogP contribution in [0.4, 0.5) is 0 Å². The van der Waals surface area contributed by atoms with Crippen molar-refractivity contribution in [1.29, 1.82) is 0 Å². The molecule has 0 radical (unpaired) electrons. The summed E-state index contributed by atoms with van der Waals surface area (Å²) in [5, 5.41) is 4.90. The van der Waals surface area contributed by atoms with Gasteiger partial charge in [0, 0.05) is 27.0 Å². The highest BCUT2D eigenvalue weighted by Gasteiger charge is 2.44. The molecule has 1 heterocycles. The molecule has 1 saturated carbocycles. The molecule has 0 atom stereocenters. The highest BCUT2D eigenvalue weighted by molar-refractivity contribution is 6.32. The second kappa shape index (κ2) is 4.81. The molecule has 2 N–H and O–H groups in total.